The summed E-state index contributed by atoms with van der Waals surface area (Å²) >= 11 is 0. The van der Waals surface area contributed by atoms with E-state index in [-0.39, 0.29) is 22.7 Å². The molecule has 2 aromatic rings. The fourth-order valence-corrected chi connectivity index (χ4v) is 5.46. The standard InChI is InChI=1S/C20H18FN3O3/c21-13-9-7-12(8-10-13)17-16-6-3-11-23(16)20(18(17)24(26)27)14-4-1-2-5-15(14)22-19(20)25/h1-2,4-5,7-10,16-18H,3,6,11H2,(H,22,25)/t16-,17-,18+,20-/m0/s1. The molecule has 27 heavy (non-hydrogen) atoms. The van der Waals surface area contributed by atoms with E-state index in [1.807, 2.05) is 23.1 Å². The maximum absolute atomic E-state index is 13.4. The average molecular weight is 367 g/mol. The Morgan fingerprint density at radius 1 is 1.19 bits per heavy atom. The zero-order valence-corrected chi connectivity index (χ0v) is 14.5. The third-order valence-electron chi connectivity index (χ3n) is 6.35. The minimum Gasteiger partial charge on any atom is -0.324 e. The van der Waals surface area contributed by atoms with E-state index in [0.29, 0.717) is 23.4 Å². The summed E-state index contributed by atoms with van der Waals surface area (Å²) < 4.78 is 13.4. The van der Waals surface area contributed by atoms with Gasteiger partial charge in [0.25, 0.3) is 11.9 Å². The molecule has 1 amide bonds. The van der Waals surface area contributed by atoms with Gasteiger partial charge in [-0.25, -0.2) is 4.39 Å². The van der Waals surface area contributed by atoms with Crippen molar-refractivity contribution in [2.24, 2.45) is 0 Å². The van der Waals surface area contributed by atoms with Crippen molar-refractivity contribution in [2.45, 2.75) is 36.4 Å². The predicted octanol–water partition coefficient (Wildman–Crippen LogP) is 2.88. The lowest BCUT2D eigenvalue weighted by Gasteiger charge is -2.32. The largest absolute Gasteiger partial charge is 0.324 e. The first kappa shape index (κ1) is 16.4. The van der Waals surface area contributed by atoms with E-state index in [1.165, 1.54) is 12.1 Å². The summed E-state index contributed by atoms with van der Waals surface area (Å²) in [6.45, 7) is 0.633. The number of nitrogens with zero attached hydrogens (tertiary/aromatic N) is 2. The molecule has 0 unspecified atom stereocenters. The maximum atomic E-state index is 13.4. The number of nitro groups is 1. The first-order valence-corrected chi connectivity index (χ1v) is 9.12. The number of carbonyl (C=O) groups is 1. The monoisotopic (exact) mass is 367 g/mol. The van der Waals surface area contributed by atoms with Crippen LogP contribution in [0.15, 0.2) is 48.5 Å². The molecule has 0 aromatic heterocycles. The van der Waals surface area contributed by atoms with Gasteiger partial charge in [-0.15, -0.1) is 0 Å². The molecular weight excluding hydrogens is 349 g/mol. The molecule has 2 aromatic carbocycles. The van der Waals surface area contributed by atoms with Crippen LogP contribution in [0.5, 0.6) is 0 Å². The SMILES string of the molecule is O=C1Nc2ccccc2[C@]12[C@H]([N+](=O)[O-])[C@@H](c1ccc(F)cc1)[C@@H]1CCCN12. The van der Waals surface area contributed by atoms with Crippen molar-refractivity contribution in [1.82, 2.24) is 4.90 Å². The molecule has 7 heteroatoms. The van der Waals surface area contributed by atoms with E-state index >= 15 is 0 Å². The zero-order valence-electron chi connectivity index (χ0n) is 14.5. The fourth-order valence-electron chi connectivity index (χ4n) is 5.46. The van der Waals surface area contributed by atoms with Crippen LogP contribution < -0.4 is 5.32 Å². The Bertz CT molecular complexity index is 948. The van der Waals surface area contributed by atoms with Crippen LogP contribution >= 0.6 is 0 Å². The van der Waals surface area contributed by atoms with Gasteiger partial charge in [0, 0.05) is 28.8 Å². The lowest BCUT2D eigenvalue weighted by atomic mass is 9.77. The topological polar surface area (TPSA) is 75.5 Å². The third-order valence-corrected chi connectivity index (χ3v) is 6.35. The van der Waals surface area contributed by atoms with Gasteiger partial charge in [0.2, 0.25) is 0 Å². The lowest BCUT2D eigenvalue weighted by Crippen LogP contribution is -2.55. The van der Waals surface area contributed by atoms with Crippen LogP contribution in [-0.2, 0) is 10.3 Å². The van der Waals surface area contributed by atoms with Crippen LogP contribution in [0.4, 0.5) is 10.1 Å². The maximum Gasteiger partial charge on any atom is 0.256 e. The molecular formula is C20H18FN3O3. The molecule has 3 heterocycles. The van der Waals surface area contributed by atoms with Gasteiger partial charge in [-0.05, 0) is 36.6 Å². The van der Waals surface area contributed by atoms with Gasteiger partial charge in [-0.2, -0.15) is 0 Å². The third kappa shape index (κ3) is 2.00. The van der Waals surface area contributed by atoms with Gasteiger partial charge in [-0.3, -0.25) is 19.8 Å². The highest BCUT2D eigenvalue weighted by atomic mass is 19.1. The summed E-state index contributed by atoms with van der Waals surface area (Å²) in [4.78, 5) is 27.3. The van der Waals surface area contributed by atoms with Crippen LogP contribution in [0.3, 0.4) is 0 Å². The van der Waals surface area contributed by atoms with Crippen molar-refractivity contribution in [3.8, 4) is 0 Å². The Morgan fingerprint density at radius 2 is 1.93 bits per heavy atom. The van der Waals surface area contributed by atoms with Crippen molar-refractivity contribution in [3.05, 3.63) is 75.6 Å². The Hall–Kier alpha value is -2.80. The summed E-state index contributed by atoms with van der Waals surface area (Å²) in [6.07, 6.45) is 1.66. The number of carbonyl (C=O) groups excluding carboxylic acids is 1. The number of benzene rings is 2. The van der Waals surface area contributed by atoms with E-state index in [4.69, 9.17) is 0 Å². The highest BCUT2D eigenvalue weighted by molar-refractivity contribution is 6.07. The molecule has 4 atom stereocenters. The molecule has 0 saturated carbocycles. The molecule has 2 saturated heterocycles. The molecule has 6 nitrogen and oxygen atoms in total. The Labute approximate surface area is 155 Å². The molecule has 0 aliphatic carbocycles. The van der Waals surface area contributed by atoms with Crippen molar-refractivity contribution in [3.63, 3.8) is 0 Å². The highest BCUT2D eigenvalue weighted by Gasteiger charge is 2.73. The van der Waals surface area contributed by atoms with E-state index in [9.17, 15) is 19.3 Å². The highest BCUT2D eigenvalue weighted by Crippen LogP contribution is 2.57. The van der Waals surface area contributed by atoms with Gasteiger partial charge in [0.15, 0.2) is 5.54 Å². The number of fused-ring (bicyclic) bond motifs is 4. The molecule has 1 N–H and O–H groups in total. The summed E-state index contributed by atoms with van der Waals surface area (Å²) in [6, 6.07) is 11.9. The zero-order chi connectivity index (χ0) is 18.8. The summed E-state index contributed by atoms with van der Waals surface area (Å²) in [5.74, 6) is -1.18. The van der Waals surface area contributed by atoms with Crippen LogP contribution in [0.1, 0.15) is 29.9 Å². The van der Waals surface area contributed by atoms with E-state index < -0.39 is 17.5 Å². The van der Waals surface area contributed by atoms with Crippen LogP contribution in [0.25, 0.3) is 0 Å². The number of rotatable bonds is 2. The first-order valence-electron chi connectivity index (χ1n) is 9.12. The van der Waals surface area contributed by atoms with Gasteiger partial charge >= 0.3 is 0 Å². The average Bonchev–Trinajstić information content (AvgIpc) is 3.30. The summed E-state index contributed by atoms with van der Waals surface area (Å²) in [5.41, 5.74) is 0.706. The predicted molar refractivity (Wildman–Crippen MR) is 96.4 cm³/mol. The molecule has 0 radical (unpaired) electrons. The van der Waals surface area contributed by atoms with E-state index in [2.05, 4.69) is 5.32 Å². The van der Waals surface area contributed by atoms with Gasteiger partial charge in [-0.1, -0.05) is 30.3 Å². The summed E-state index contributed by atoms with van der Waals surface area (Å²) in [7, 11) is 0. The summed E-state index contributed by atoms with van der Waals surface area (Å²) in [5, 5.41) is 15.2. The number of hydrogen-bond acceptors (Lipinski definition) is 4. The first-order chi connectivity index (χ1) is 13.0. The van der Waals surface area contributed by atoms with Gasteiger partial charge in [0.05, 0.1) is 5.92 Å². The molecule has 3 aliphatic rings. The number of amides is 1. The van der Waals surface area contributed by atoms with Crippen LogP contribution in [0.2, 0.25) is 0 Å². The number of nitrogens with one attached hydrogen (secondary N) is 1. The smallest absolute Gasteiger partial charge is 0.256 e. The number of anilines is 1. The lowest BCUT2D eigenvalue weighted by molar-refractivity contribution is -0.534. The minimum absolute atomic E-state index is 0.122. The van der Waals surface area contributed by atoms with Crippen molar-refractivity contribution in [2.75, 3.05) is 11.9 Å². The minimum atomic E-state index is -1.32. The van der Waals surface area contributed by atoms with Gasteiger partial charge < -0.3 is 5.32 Å². The van der Waals surface area contributed by atoms with Gasteiger partial charge in [0.1, 0.15) is 5.82 Å². The Kier molecular flexibility index (Phi) is 3.40. The number of para-hydroxylation sites is 1. The van der Waals surface area contributed by atoms with E-state index in [0.717, 1.165) is 12.8 Å². The van der Waals surface area contributed by atoms with Crippen LogP contribution in [-0.4, -0.2) is 34.4 Å². The fraction of sp³-hybridized carbons (Fsp3) is 0.350. The second kappa shape index (κ2) is 5.60. The van der Waals surface area contributed by atoms with Crippen LogP contribution in [0, 0.1) is 15.9 Å². The normalized spacial score (nSPS) is 31.7. The molecule has 3 aliphatic heterocycles. The van der Waals surface area contributed by atoms with Crippen molar-refractivity contribution in [1.29, 1.82) is 0 Å². The molecule has 138 valence electrons. The van der Waals surface area contributed by atoms with Crippen molar-refractivity contribution >= 4 is 11.6 Å². The second-order valence-corrected chi connectivity index (χ2v) is 7.48. The molecule has 2 fully saturated rings. The molecule has 5 rings (SSSR count). The quantitative estimate of drug-likeness (QED) is 0.654. The molecule has 0 bridgehead atoms. The molecule has 1 spiro atoms. The number of halogens is 1. The Balaban J connectivity index is 1.76. The Morgan fingerprint density at radius 3 is 2.67 bits per heavy atom. The number of hydrogen-bond donors (Lipinski definition) is 1. The van der Waals surface area contributed by atoms with E-state index in [1.54, 1.807) is 18.2 Å². The second-order valence-electron chi connectivity index (χ2n) is 7.48. The van der Waals surface area contributed by atoms with Crippen molar-refractivity contribution < 1.29 is 14.1 Å².